The van der Waals surface area contributed by atoms with Crippen LogP contribution >= 0.6 is 0 Å². The number of amides is 2. The first-order chi connectivity index (χ1) is 8.63. The molecule has 0 saturated carbocycles. The van der Waals surface area contributed by atoms with Gasteiger partial charge in [0.05, 0.1) is 7.11 Å². The Morgan fingerprint density at radius 3 is 2.50 bits per heavy atom. The van der Waals surface area contributed by atoms with E-state index in [1.807, 2.05) is 5.48 Å². The zero-order chi connectivity index (χ0) is 13.4. The number of rotatable bonds is 7. The van der Waals surface area contributed by atoms with Gasteiger partial charge < -0.3 is 15.2 Å². The minimum Gasteiger partial charge on any atom is -0.493 e. The number of methoxy groups -OCH3 is 1. The molecule has 0 spiro atoms. The Morgan fingerprint density at radius 1 is 1.22 bits per heavy atom. The maximum Gasteiger partial charge on any atom is 0.281 e. The van der Waals surface area contributed by atoms with E-state index in [0.29, 0.717) is 11.5 Å². The molecule has 0 saturated heterocycles. The fourth-order valence-electron chi connectivity index (χ4n) is 1.10. The van der Waals surface area contributed by atoms with Crippen LogP contribution in [0.3, 0.4) is 0 Å². The first-order valence-corrected chi connectivity index (χ1v) is 5.08. The van der Waals surface area contributed by atoms with Crippen LogP contribution in [0.2, 0.25) is 0 Å². The van der Waals surface area contributed by atoms with Crippen molar-refractivity contribution in [3.63, 3.8) is 0 Å². The molecule has 0 aliphatic carbocycles. The van der Waals surface area contributed by atoms with E-state index in [4.69, 9.17) is 15.2 Å². The summed E-state index contributed by atoms with van der Waals surface area (Å²) in [6, 6.07) is 6.90. The van der Waals surface area contributed by atoms with E-state index in [1.54, 1.807) is 24.3 Å². The summed E-state index contributed by atoms with van der Waals surface area (Å²) in [4.78, 5) is 26.1. The van der Waals surface area contributed by atoms with E-state index in [2.05, 4.69) is 4.84 Å². The van der Waals surface area contributed by atoms with Gasteiger partial charge in [-0.1, -0.05) is 12.1 Å². The lowest BCUT2D eigenvalue weighted by atomic mass is 10.3. The van der Waals surface area contributed by atoms with Gasteiger partial charge in [-0.05, 0) is 12.1 Å². The zero-order valence-corrected chi connectivity index (χ0v) is 9.84. The highest BCUT2D eigenvalue weighted by molar-refractivity contribution is 5.77. The SMILES string of the molecule is COc1ccccc1OCC(=O)NOCC(N)=O. The van der Waals surface area contributed by atoms with Crippen molar-refractivity contribution in [2.24, 2.45) is 5.73 Å². The lowest BCUT2D eigenvalue weighted by Gasteiger charge is -2.09. The first kappa shape index (κ1) is 13.8. The highest BCUT2D eigenvalue weighted by Gasteiger charge is 2.07. The topological polar surface area (TPSA) is 99.9 Å². The molecule has 0 aliphatic heterocycles. The summed E-state index contributed by atoms with van der Waals surface area (Å²) in [7, 11) is 1.50. The standard InChI is InChI=1S/C11H14N2O5/c1-16-8-4-2-3-5-9(8)17-7-11(15)13-18-6-10(12)14/h2-5H,6-7H2,1H3,(H2,12,14)(H,13,15). The average molecular weight is 254 g/mol. The number of primary amides is 1. The maximum absolute atomic E-state index is 11.2. The molecule has 2 amide bonds. The fourth-order valence-corrected chi connectivity index (χ4v) is 1.10. The fraction of sp³-hybridized carbons (Fsp3) is 0.273. The van der Waals surface area contributed by atoms with E-state index in [9.17, 15) is 9.59 Å². The van der Waals surface area contributed by atoms with Crippen molar-refractivity contribution in [3.8, 4) is 11.5 Å². The van der Waals surface area contributed by atoms with Gasteiger partial charge >= 0.3 is 0 Å². The third kappa shape index (κ3) is 4.71. The molecule has 0 fully saturated rings. The lowest BCUT2D eigenvalue weighted by molar-refractivity contribution is -0.139. The van der Waals surface area contributed by atoms with Crippen molar-refractivity contribution < 1.29 is 23.9 Å². The second-order valence-corrected chi connectivity index (χ2v) is 3.22. The van der Waals surface area contributed by atoms with Crippen LogP contribution in [-0.2, 0) is 14.4 Å². The minimum absolute atomic E-state index is 0.265. The normalized spacial score (nSPS) is 9.61. The number of ether oxygens (including phenoxy) is 2. The van der Waals surface area contributed by atoms with Crippen LogP contribution in [0.15, 0.2) is 24.3 Å². The van der Waals surface area contributed by atoms with Crippen molar-refractivity contribution in [1.82, 2.24) is 5.48 Å². The number of nitrogens with one attached hydrogen (secondary N) is 1. The summed E-state index contributed by atoms with van der Waals surface area (Å²) >= 11 is 0. The maximum atomic E-state index is 11.2. The quantitative estimate of drug-likeness (QED) is 0.645. The van der Waals surface area contributed by atoms with Crippen LogP contribution in [0.4, 0.5) is 0 Å². The second-order valence-electron chi connectivity index (χ2n) is 3.22. The number of benzene rings is 1. The smallest absolute Gasteiger partial charge is 0.281 e. The molecule has 0 aromatic heterocycles. The Balaban J connectivity index is 2.35. The van der Waals surface area contributed by atoms with Gasteiger partial charge in [0.15, 0.2) is 24.7 Å². The van der Waals surface area contributed by atoms with E-state index in [0.717, 1.165) is 0 Å². The lowest BCUT2D eigenvalue weighted by Crippen LogP contribution is -2.32. The van der Waals surface area contributed by atoms with Crippen molar-refractivity contribution in [1.29, 1.82) is 0 Å². The molecule has 0 bridgehead atoms. The van der Waals surface area contributed by atoms with E-state index in [1.165, 1.54) is 7.11 Å². The predicted octanol–water partition coefficient (Wildman–Crippen LogP) is -0.393. The molecule has 18 heavy (non-hydrogen) atoms. The number of hydroxylamine groups is 1. The number of carbonyl (C=O) groups is 2. The molecule has 0 radical (unpaired) electrons. The third-order valence-electron chi connectivity index (χ3n) is 1.83. The summed E-state index contributed by atoms with van der Waals surface area (Å²) in [5.74, 6) is -0.267. The van der Waals surface area contributed by atoms with Gasteiger partial charge in [-0.2, -0.15) is 0 Å². The number of carbonyl (C=O) groups excluding carboxylic acids is 2. The minimum atomic E-state index is -0.680. The van der Waals surface area contributed by atoms with E-state index in [-0.39, 0.29) is 13.2 Å². The van der Waals surface area contributed by atoms with Crippen LogP contribution in [0.25, 0.3) is 0 Å². The molecule has 1 aromatic rings. The molecule has 3 N–H and O–H groups in total. The van der Waals surface area contributed by atoms with Crippen LogP contribution in [0.1, 0.15) is 0 Å². The Kier molecular flexibility index (Phi) is 5.46. The van der Waals surface area contributed by atoms with Crippen molar-refractivity contribution in [2.75, 3.05) is 20.3 Å². The third-order valence-corrected chi connectivity index (χ3v) is 1.83. The molecule has 7 nitrogen and oxygen atoms in total. The molecule has 98 valence electrons. The number of para-hydroxylation sites is 2. The molecular weight excluding hydrogens is 240 g/mol. The van der Waals surface area contributed by atoms with E-state index >= 15 is 0 Å². The van der Waals surface area contributed by atoms with Gasteiger partial charge in [-0.15, -0.1) is 0 Å². The van der Waals surface area contributed by atoms with Crippen LogP contribution in [-0.4, -0.2) is 32.1 Å². The Morgan fingerprint density at radius 2 is 1.89 bits per heavy atom. The first-order valence-electron chi connectivity index (χ1n) is 5.08. The molecule has 0 heterocycles. The summed E-state index contributed by atoms with van der Waals surface area (Å²) in [6.45, 7) is -0.653. The monoisotopic (exact) mass is 254 g/mol. The van der Waals surface area contributed by atoms with Crippen molar-refractivity contribution >= 4 is 11.8 Å². The highest BCUT2D eigenvalue weighted by Crippen LogP contribution is 2.25. The van der Waals surface area contributed by atoms with Gasteiger partial charge in [0.1, 0.15) is 0 Å². The van der Waals surface area contributed by atoms with Crippen LogP contribution in [0.5, 0.6) is 11.5 Å². The van der Waals surface area contributed by atoms with Gasteiger partial charge in [0.25, 0.3) is 5.91 Å². The number of nitrogens with two attached hydrogens (primary N) is 1. The molecule has 7 heteroatoms. The zero-order valence-electron chi connectivity index (χ0n) is 9.84. The Hall–Kier alpha value is -2.28. The van der Waals surface area contributed by atoms with Crippen LogP contribution < -0.4 is 20.7 Å². The molecule has 1 rings (SSSR count). The molecule has 0 atom stereocenters. The predicted molar refractivity (Wildman–Crippen MR) is 61.8 cm³/mol. The van der Waals surface area contributed by atoms with Crippen molar-refractivity contribution in [3.05, 3.63) is 24.3 Å². The van der Waals surface area contributed by atoms with Crippen molar-refractivity contribution in [2.45, 2.75) is 0 Å². The van der Waals surface area contributed by atoms with Gasteiger partial charge in [0.2, 0.25) is 5.91 Å². The average Bonchev–Trinajstić information content (AvgIpc) is 2.36. The number of hydrogen-bond acceptors (Lipinski definition) is 5. The summed E-state index contributed by atoms with van der Waals surface area (Å²) in [6.07, 6.45) is 0. The van der Waals surface area contributed by atoms with E-state index < -0.39 is 11.8 Å². The molecule has 1 aromatic carbocycles. The summed E-state index contributed by atoms with van der Waals surface area (Å²) < 4.78 is 10.3. The molecular formula is C11H14N2O5. The summed E-state index contributed by atoms with van der Waals surface area (Å²) in [5, 5.41) is 0. The molecule has 0 aliphatic rings. The Labute approximate surface area is 104 Å². The molecule has 0 unspecified atom stereocenters. The van der Waals surface area contributed by atoms with Crippen LogP contribution in [0, 0.1) is 0 Å². The second kappa shape index (κ2) is 7.13. The summed E-state index contributed by atoms with van der Waals surface area (Å²) in [5.41, 5.74) is 6.83. The van der Waals surface area contributed by atoms with Gasteiger partial charge in [-0.3, -0.25) is 14.4 Å². The number of hydrogen-bond donors (Lipinski definition) is 2. The Bertz CT molecular complexity index is 422. The van der Waals surface area contributed by atoms with Gasteiger partial charge in [0, 0.05) is 0 Å². The highest BCUT2D eigenvalue weighted by atomic mass is 16.7. The largest absolute Gasteiger partial charge is 0.493 e. The van der Waals surface area contributed by atoms with Gasteiger partial charge in [-0.25, -0.2) is 5.48 Å².